The van der Waals surface area contributed by atoms with Crippen molar-refractivity contribution in [3.8, 4) is 0 Å². The largest absolute Gasteiger partial charge is 0.312 e. The minimum atomic E-state index is 0.265. The van der Waals surface area contributed by atoms with Gasteiger partial charge in [-0.1, -0.05) is 13.3 Å². The molecule has 20 heavy (non-hydrogen) atoms. The van der Waals surface area contributed by atoms with Crippen molar-refractivity contribution in [2.75, 3.05) is 19.6 Å². The monoisotopic (exact) mass is 280 g/mol. The van der Waals surface area contributed by atoms with Gasteiger partial charge in [0.15, 0.2) is 0 Å². The lowest BCUT2D eigenvalue weighted by Gasteiger charge is -2.42. The molecule has 1 saturated carbocycles. The summed E-state index contributed by atoms with van der Waals surface area (Å²) in [6.45, 7) is 13.1. The molecule has 2 rings (SSSR count). The van der Waals surface area contributed by atoms with Gasteiger partial charge in [0.1, 0.15) is 0 Å². The van der Waals surface area contributed by atoms with Gasteiger partial charge in [0.25, 0.3) is 0 Å². The molecular weight excluding hydrogens is 244 g/mol. The molecule has 1 unspecified atom stereocenters. The van der Waals surface area contributed by atoms with E-state index in [-0.39, 0.29) is 5.54 Å². The third kappa shape index (κ3) is 5.04. The second-order valence-electron chi connectivity index (χ2n) is 8.22. The van der Waals surface area contributed by atoms with E-state index < -0.39 is 0 Å². The fourth-order valence-corrected chi connectivity index (χ4v) is 3.96. The van der Waals surface area contributed by atoms with E-state index >= 15 is 0 Å². The van der Waals surface area contributed by atoms with Crippen molar-refractivity contribution in [1.29, 1.82) is 0 Å². The molecule has 0 amide bonds. The Hall–Kier alpha value is -0.0800. The number of nitrogens with one attached hydrogen (secondary N) is 1. The number of rotatable bonds is 4. The van der Waals surface area contributed by atoms with Gasteiger partial charge in [-0.3, -0.25) is 0 Å². The van der Waals surface area contributed by atoms with Crippen molar-refractivity contribution in [1.82, 2.24) is 10.2 Å². The molecule has 118 valence electrons. The third-order valence-electron chi connectivity index (χ3n) is 5.38. The zero-order valence-corrected chi connectivity index (χ0v) is 14.3. The molecule has 2 heteroatoms. The van der Waals surface area contributed by atoms with Crippen LogP contribution in [0.3, 0.4) is 0 Å². The quantitative estimate of drug-likeness (QED) is 0.835. The van der Waals surface area contributed by atoms with Crippen LogP contribution in [0.4, 0.5) is 0 Å². The Bertz CT molecular complexity index is 274. The third-order valence-corrected chi connectivity index (χ3v) is 5.38. The second-order valence-corrected chi connectivity index (χ2v) is 8.22. The fraction of sp³-hybridized carbons (Fsp3) is 1.00. The van der Waals surface area contributed by atoms with E-state index in [2.05, 4.69) is 37.9 Å². The fourth-order valence-electron chi connectivity index (χ4n) is 3.96. The van der Waals surface area contributed by atoms with Gasteiger partial charge >= 0.3 is 0 Å². The van der Waals surface area contributed by atoms with Crippen LogP contribution in [0.15, 0.2) is 0 Å². The number of hydrogen-bond acceptors (Lipinski definition) is 2. The van der Waals surface area contributed by atoms with Crippen LogP contribution in [0.25, 0.3) is 0 Å². The van der Waals surface area contributed by atoms with Crippen LogP contribution in [0.1, 0.15) is 72.6 Å². The van der Waals surface area contributed by atoms with Gasteiger partial charge in [-0.15, -0.1) is 0 Å². The molecule has 2 fully saturated rings. The van der Waals surface area contributed by atoms with E-state index in [1.165, 1.54) is 64.6 Å². The highest BCUT2D eigenvalue weighted by atomic mass is 15.2. The molecular formula is C18H36N2. The van der Waals surface area contributed by atoms with Gasteiger partial charge in [0.2, 0.25) is 0 Å². The Kier molecular flexibility index (Phi) is 5.92. The first-order valence-electron chi connectivity index (χ1n) is 8.97. The van der Waals surface area contributed by atoms with Crippen molar-refractivity contribution >= 4 is 0 Å². The highest BCUT2D eigenvalue weighted by molar-refractivity contribution is 4.85. The Morgan fingerprint density at radius 3 is 2.30 bits per heavy atom. The van der Waals surface area contributed by atoms with E-state index in [4.69, 9.17) is 0 Å². The van der Waals surface area contributed by atoms with E-state index in [0.29, 0.717) is 0 Å². The van der Waals surface area contributed by atoms with Crippen LogP contribution in [0.2, 0.25) is 0 Å². The molecule has 2 aliphatic rings. The van der Waals surface area contributed by atoms with Crippen molar-refractivity contribution in [3.63, 3.8) is 0 Å². The molecule has 0 aromatic carbocycles. The molecule has 0 aromatic rings. The molecule has 1 aliphatic heterocycles. The SMILES string of the molecule is CCC1CCC(N2CCCC(CNC(C)(C)C)C2)CC1. The normalized spacial score (nSPS) is 33.3. The van der Waals surface area contributed by atoms with Gasteiger partial charge in [-0.25, -0.2) is 0 Å². The molecule has 1 aliphatic carbocycles. The molecule has 1 atom stereocenters. The van der Waals surface area contributed by atoms with Crippen LogP contribution < -0.4 is 5.32 Å². The number of nitrogens with zero attached hydrogens (tertiary/aromatic N) is 1. The zero-order valence-electron chi connectivity index (χ0n) is 14.3. The highest BCUT2D eigenvalue weighted by Crippen LogP contribution is 2.31. The second kappa shape index (κ2) is 7.26. The first-order valence-corrected chi connectivity index (χ1v) is 8.97. The van der Waals surface area contributed by atoms with Crippen molar-refractivity contribution in [2.45, 2.75) is 84.2 Å². The average Bonchev–Trinajstić information content (AvgIpc) is 2.45. The van der Waals surface area contributed by atoms with Crippen LogP contribution in [-0.4, -0.2) is 36.1 Å². The first-order chi connectivity index (χ1) is 9.48. The molecule has 0 bridgehead atoms. The van der Waals surface area contributed by atoms with Crippen LogP contribution in [0, 0.1) is 11.8 Å². The molecule has 1 heterocycles. The van der Waals surface area contributed by atoms with Gasteiger partial charge in [-0.05, 0) is 84.2 Å². The summed E-state index contributed by atoms with van der Waals surface area (Å²) < 4.78 is 0. The lowest BCUT2D eigenvalue weighted by atomic mass is 9.83. The van der Waals surface area contributed by atoms with Crippen molar-refractivity contribution in [3.05, 3.63) is 0 Å². The smallest absolute Gasteiger partial charge is 0.00966 e. The summed E-state index contributed by atoms with van der Waals surface area (Å²) in [5, 5.41) is 3.70. The zero-order chi connectivity index (χ0) is 14.6. The Labute approximate surface area is 126 Å². The maximum Gasteiger partial charge on any atom is 0.00966 e. The van der Waals surface area contributed by atoms with E-state index in [1.54, 1.807) is 0 Å². The van der Waals surface area contributed by atoms with Gasteiger partial charge in [0, 0.05) is 18.1 Å². The van der Waals surface area contributed by atoms with E-state index in [1.807, 2.05) is 0 Å². The molecule has 0 radical (unpaired) electrons. The molecule has 1 N–H and O–H groups in total. The maximum atomic E-state index is 3.70. The Morgan fingerprint density at radius 2 is 1.70 bits per heavy atom. The topological polar surface area (TPSA) is 15.3 Å². The highest BCUT2D eigenvalue weighted by Gasteiger charge is 2.29. The van der Waals surface area contributed by atoms with Gasteiger partial charge in [0.05, 0.1) is 0 Å². The molecule has 2 nitrogen and oxygen atoms in total. The number of piperidine rings is 1. The van der Waals surface area contributed by atoms with Crippen molar-refractivity contribution < 1.29 is 0 Å². The maximum absolute atomic E-state index is 3.70. The van der Waals surface area contributed by atoms with Crippen LogP contribution in [0.5, 0.6) is 0 Å². The predicted octanol–water partition coefficient (Wildman–Crippen LogP) is 4.06. The van der Waals surface area contributed by atoms with Gasteiger partial charge in [-0.2, -0.15) is 0 Å². The summed E-state index contributed by atoms with van der Waals surface area (Å²) in [5.41, 5.74) is 0.265. The Balaban J connectivity index is 1.76. The standard InChI is InChI=1S/C18H36N2/c1-5-15-8-10-17(11-9-15)20-12-6-7-16(14-20)13-19-18(2,3)4/h15-17,19H,5-14H2,1-4H3. The minimum absolute atomic E-state index is 0.265. The minimum Gasteiger partial charge on any atom is -0.312 e. The summed E-state index contributed by atoms with van der Waals surface area (Å²) in [5.74, 6) is 1.89. The lowest BCUT2D eigenvalue weighted by Crippen LogP contribution is -2.48. The Morgan fingerprint density at radius 1 is 1.00 bits per heavy atom. The summed E-state index contributed by atoms with van der Waals surface area (Å²) >= 11 is 0. The number of hydrogen-bond donors (Lipinski definition) is 1. The molecule has 1 saturated heterocycles. The van der Waals surface area contributed by atoms with Crippen molar-refractivity contribution in [2.24, 2.45) is 11.8 Å². The summed E-state index contributed by atoms with van der Waals surface area (Å²) in [6.07, 6.45) is 10.1. The van der Waals surface area contributed by atoms with Crippen LogP contribution >= 0.6 is 0 Å². The predicted molar refractivity (Wildman–Crippen MR) is 88.1 cm³/mol. The lowest BCUT2D eigenvalue weighted by molar-refractivity contribution is 0.0841. The average molecular weight is 281 g/mol. The molecule has 0 aromatic heterocycles. The van der Waals surface area contributed by atoms with E-state index in [9.17, 15) is 0 Å². The van der Waals surface area contributed by atoms with E-state index in [0.717, 1.165) is 17.9 Å². The van der Waals surface area contributed by atoms with Crippen LogP contribution in [-0.2, 0) is 0 Å². The first kappa shape index (κ1) is 16.3. The number of likely N-dealkylation sites (tertiary alicyclic amines) is 1. The molecule has 0 spiro atoms. The summed E-state index contributed by atoms with van der Waals surface area (Å²) in [4.78, 5) is 2.82. The summed E-state index contributed by atoms with van der Waals surface area (Å²) in [7, 11) is 0. The summed E-state index contributed by atoms with van der Waals surface area (Å²) in [6, 6.07) is 0.898. The van der Waals surface area contributed by atoms with Gasteiger partial charge < -0.3 is 10.2 Å².